The molecule has 24 heavy (non-hydrogen) atoms. The molecule has 0 aromatic heterocycles. The summed E-state index contributed by atoms with van der Waals surface area (Å²) in [4.78, 5) is 0. The van der Waals surface area contributed by atoms with Gasteiger partial charge in [0.2, 0.25) is 20.0 Å². The molecule has 0 bridgehead atoms. The Morgan fingerprint density at radius 2 is 2.00 bits per heavy atom. The molecule has 1 atom stereocenters. The van der Waals surface area contributed by atoms with Crippen LogP contribution in [0.15, 0.2) is 24.3 Å². The Hall–Kier alpha value is -0.710. The third kappa shape index (κ3) is 5.40. The molecule has 0 saturated carbocycles. The molecule has 2 rings (SSSR count). The molecule has 0 spiro atoms. The topological polar surface area (TPSA) is 92.8 Å². The SMILES string of the molecule is CC1COCCN1S(=O)(=O)CCNS(=O)(=O)Cc1ccccc1Cl. The minimum absolute atomic E-state index is 0.181. The van der Waals surface area contributed by atoms with Crippen LogP contribution < -0.4 is 4.72 Å². The molecular formula is C14H21ClN2O5S2. The Morgan fingerprint density at radius 1 is 1.29 bits per heavy atom. The number of hydrogen-bond acceptors (Lipinski definition) is 5. The molecule has 0 radical (unpaired) electrons. The smallest absolute Gasteiger partial charge is 0.215 e. The van der Waals surface area contributed by atoms with Crippen LogP contribution in [0.3, 0.4) is 0 Å². The standard InChI is InChI=1S/C14H21ClN2O5S2/c1-12-10-22-8-7-17(12)24(20,21)9-6-16-23(18,19)11-13-4-2-3-5-14(13)15/h2-5,12,16H,6-11H2,1H3. The fraction of sp³-hybridized carbons (Fsp3) is 0.571. The van der Waals surface area contributed by atoms with Crippen LogP contribution in [0.25, 0.3) is 0 Å². The lowest BCUT2D eigenvalue weighted by Crippen LogP contribution is -2.49. The molecule has 1 aromatic carbocycles. The molecule has 1 heterocycles. The van der Waals surface area contributed by atoms with Gasteiger partial charge in [0, 0.05) is 24.2 Å². The second kappa shape index (κ2) is 8.11. The number of hydrogen-bond donors (Lipinski definition) is 1. The highest BCUT2D eigenvalue weighted by Crippen LogP contribution is 2.17. The van der Waals surface area contributed by atoms with Gasteiger partial charge in [-0.3, -0.25) is 0 Å². The number of rotatable bonds is 7. The maximum Gasteiger partial charge on any atom is 0.215 e. The van der Waals surface area contributed by atoms with Crippen LogP contribution in [0.2, 0.25) is 5.02 Å². The van der Waals surface area contributed by atoms with Crippen LogP contribution in [-0.2, 0) is 30.5 Å². The molecule has 1 unspecified atom stereocenters. The van der Waals surface area contributed by atoms with E-state index < -0.39 is 20.0 Å². The Kier molecular flexibility index (Phi) is 6.63. The van der Waals surface area contributed by atoms with Crippen molar-refractivity contribution in [3.8, 4) is 0 Å². The Morgan fingerprint density at radius 3 is 2.67 bits per heavy atom. The van der Waals surface area contributed by atoms with Crippen LogP contribution in [0, 0.1) is 0 Å². The summed E-state index contributed by atoms with van der Waals surface area (Å²) in [6.45, 7) is 2.56. The maximum atomic E-state index is 12.3. The first-order valence-corrected chi connectivity index (χ1v) is 11.1. The number of halogens is 1. The highest BCUT2D eigenvalue weighted by Gasteiger charge is 2.30. The number of benzene rings is 1. The average molecular weight is 397 g/mol. The molecule has 1 aromatic rings. The van der Waals surface area contributed by atoms with Crippen molar-refractivity contribution < 1.29 is 21.6 Å². The van der Waals surface area contributed by atoms with Crippen LogP contribution in [0.1, 0.15) is 12.5 Å². The molecule has 0 aliphatic carbocycles. The minimum Gasteiger partial charge on any atom is -0.378 e. The monoisotopic (exact) mass is 396 g/mol. The first-order valence-electron chi connectivity index (χ1n) is 7.49. The van der Waals surface area contributed by atoms with Gasteiger partial charge in [0.1, 0.15) is 0 Å². The maximum absolute atomic E-state index is 12.3. The number of nitrogens with zero attached hydrogens (tertiary/aromatic N) is 1. The minimum atomic E-state index is -3.67. The van der Waals surface area contributed by atoms with Gasteiger partial charge in [-0.2, -0.15) is 4.31 Å². The number of morpholine rings is 1. The lowest BCUT2D eigenvalue weighted by Gasteiger charge is -2.32. The Labute approximate surface area is 148 Å². The molecule has 1 aliphatic heterocycles. The largest absolute Gasteiger partial charge is 0.378 e. The van der Waals surface area contributed by atoms with Crippen molar-refractivity contribution in [2.24, 2.45) is 0 Å². The van der Waals surface area contributed by atoms with Crippen molar-refractivity contribution in [2.75, 3.05) is 32.1 Å². The van der Waals surface area contributed by atoms with Crippen molar-refractivity contribution >= 4 is 31.6 Å². The number of sulfonamides is 2. The molecular weight excluding hydrogens is 376 g/mol. The Bertz CT molecular complexity index is 767. The van der Waals surface area contributed by atoms with Crippen molar-refractivity contribution in [1.82, 2.24) is 9.03 Å². The van der Waals surface area contributed by atoms with Crippen LogP contribution in [-0.4, -0.2) is 59.2 Å². The zero-order valence-corrected chi connectivity index (χ0v) is 15.7. The fourth-order valence-corrected chi connectivity index (χ4v) is 5.58. The van der Waals surface area contributed by atoms with Gasteiger partial charge < -0.3 is 4.74 Å². The van der Waals surface area contributed by atoms with Gasteiger partial charge in [0.25, 0.3) is 0 Å². The predicted octanol–water partition coefficient (Wildman–Crippen LogP) is 0.810. The molecule has 1 saturated heterocycles. The summed E-state index contributed by atoms with van der Waals surface area (Å²) in [6, 6.07) is 6.39. The second-order valence-electron chi connectivity index (χ2n) is 5.60. The van der Waals surface area contributed by atoms with Gasteiger partial charge in [-0.1, -0.05) is 29.8 Å². The summed E-state index contributed by atoms with van der Waals surface area (Å²) in [6.07, 6.45) is 0. The Balaban J connectivity index is 1.91. The summed E-state index contributed by atoms with van der Waals surface area (Å²) in [5.74, 6) is -0.584. The summed E-state index contributed by atoms with van der Waals surface area (Å²) >= 11 is 5.95. The lowest BCUT2D eigenvalue weighted by molar-refractivity contribution is 0.0393. The van der Waals surface area contributed by atoms with Gasteiger partial charge in [-0.15, -0.1) is 0 Å². The normalized spacial score (nSPS) is 20.2. The molecule has 136 valence electrons. The van der Waals surface area contributed by atoms with Crippen molar-refractivity contribution in [2.45, 2.75) is 18.7 Å². The highest BCUT2D eigenvalue weighted by molar-refractivity contribution is 7.89. The van der Waals surface area contributed by atoms with Gasteiger partial charge in [0.05, 0.1) is 24.7 Å². The van der Waals surface area contributed by atoms with Crippen LogP contribution in [0.4, 0.5) is 0 Å². The van der Waals surface area contributed by atoms with E-state index in [1.165, 1.54) is 4.31 Å². The third-order valence-corrected chi connectivity index (χ3v) is 7.33. The predicted molar refractivity (Wildman–Crippen MR) is 92.9 cm³/mol. The summed E-state index contributed by atoms with van der Waals surface area (Å²) in [7, 11) is -7.20. The van der Waals surface area contributed by atoms with Crippen molar-refractivity contribution in [3.05, 3.63) is 34.9 Å². The van der Waals surface area contributed by atoms with E-state index >= 15 is 0 Å². The summed E-state index contributed by atoms with van der Waals surface area (Å²) in [5, 5.41) is 0.359. The van der Waals surface area contributed by atoms with E-state index in [9.17, 15) is 16.8 Å². The molecule has 10 heteroatoms. The third-order valence-electron chi connectivity index (χ3n) is 3.65. The zero-order chi connectivity index (χ0) is 17.8. The fourth-order valence-electron chi connectivity index (χ4n) is 2.44. The first-order chi connectivity index (χ1) is 11.2. The van der Waals surface area contributed by atoms with E-state index in [0.717, 1.165) is 0 Å². The van der Waals surface area contributed by atoms with E-state index in [-0.39, 0.29) is 30.6 Å². The summed E-state index contributed by atoms with van der Waals surface area (Å²) < 4.78 is 57.7. The quantitative estimate of drug-likeness (QED) is 0.736. The molecule has 7 nitrogen and oxygen atoms in total. The van der Waals surface area contributed by atoms with E-state index in [1.54, 1.807) is 31.2 Å². The van der Waals surface area contributed by atoms with Crippen LogP contribution >= 0.6 is 11.6 Å². The average Bonchev–Trinajstić information content (AvgIpc) is 2.49. The van der Waals surface area contributed by atoms with Gasteiger partial charge >= 0.3 is 0 Å². The molecule has 1 aliphatic rings. The van der Waals surface area contributed by atoms with E-state index in [0.29, 0.717) is 23.8 Å². The van der Waals surface area contributed by atoms with E-state index in [4.69, 9.17) is 16.3 Å². The van der Waals surface area contributed by atoms with Gasteiger partial charge in [-0.05, 0) is 18.6 Å². The van der Waals surface area contributed by atoms with Crippen LogP contribution in [0.5, 0.6) is 0 Å². The first kappa shape index (κ1) is 19.6. The lowest BCUT2D eigenvalue weighted by atomic mass is 10.2. The zero-order valence-electron chi connectivity index (χ0n) is 13.3. The highest BCUT2D eigenvalue weighted by atomic mass is 35.5. The second-order valence-corrected chi connectivity index (χ2v) is 9.85. The summed E-state index contributed by atoms with van der Waals surface area (Å²) in [5.41, 5.74) is 0.469. The molecule has 1 N–H and O–H groups in total. The van der Waals surface area contributed by atoms with Crippen molar-refractivity contribution in [1.29, 1.82) is 0 Å². The van der Waals surface area contributed by atoms with E-state index in [1.807, 2.05) is 0 Å². The van der Waals surface area contributed by atoms with Crippen molar-refractivity contribution in [3.63, 3.8) is 0 Å². The van der Waals surface area contributed by atoms with Gasteiger partial charge in [0.15, 0.2) is 0 Å². The molecule has 1 fully saturated rings. The van der Waals surface area contributed by atoms with Gasteiger partial charge in [-0.25, -0.2) is 21.6 Å². The number of nitrogens with one attached hydrogen (secondary N) is 1. The van der Waals surface area contributed by atoms with E-state index in [2.05, 4.69) is 4.72 Å². The number of ether oxygens (including phenoxy) is 1. The molecule has 0 amide bonds.